The molecule has 17 nitrogen and oxygen atoms in total. The third kappa shape index (κ3) is 79.4. The van der Waals surface area contributed by atoms with Gasteiger partial charge in [0.05, 0.1) is 26.4 Å². The molecule has 105 heavy (non-hydrogen) atoms. The van der Waals surface area contributed by atoms with E-state index in [1.165, 1.54) is 263 Å². The Hall–Kier alpha value is -2.46. The highest BCUT2D eigenvalue weighted by Gasteiger charge is 2.30. The first kappa shape index (κ1) is 103. The largest absolute Gasteiger partial charge is 0.472 e. The molecule has 19 heteroatoms. The second kappa shape index (κ2) is 79.6. The van der Waals surface area contributed by atoms with Crippen LogP contribution in [0.2, 0.25) is 0 Å². The third-order valence-electron chi connectivity index (χ3n) is 19.7. The van der Waals surface area contributed by atoms with Crippen molar-refractivity contribution >= 4 is 39.5 Å². The number of hydrogen-bond donors (Lipinski definition) is 3. The standard InChI is InChI=1S/C86H164O17P2/c1-5-9-13-17-21-25-29-33-36-38-39-40-41-42-45-49-53-57-61-65-69-73-86(91)103-82(77-97-84(89)71-67-63-59-55-51-47-44-37-34-30-26-22-18-14-10-6-2)79-101-105(94,95)99-75-80(87)74-98-104(92,93)100-78-81(76-96-83(88)70-66-62-58-54-50-46-32-28-24-20-16-12-8-4)102-85(90)72-68-64-60-56-52-48-43-35-31-27-23-19-15-11-7-3/h27,31,35,43,80-82,87H,5-26,28-30,32-34,36-42,44-79H2,1-4H3,(H,92,93)(H,94,95)/b31-27-,43-35-/t80-,81+,82+/m0/s1. The van der Waals surface area contributed by atoms with Gasteiger partial charge >= 0.3 is 39.5 Å². The molecule has 5 atom stereocenters. The molecule has 0 radical (unpaired) electrons. The zero-order valence-corrected chi connectivity index (χ0v) is 70.0. The van der Waals surface area contributed by atoms with Crippen molar-refractivity contribution in [3.63, 3.8) is 0 Å². The van der Waals surface area contributed by atoms with Crippen molar-refractivity contribution in [2.45, 2.75) is 463 Å². The summed E-state index contributed by atoms with van der Waals surface area (Å²) in [7, 11) is -9.94. The Morgan fingerprint density at radius 3 is 0.695 bits per heavy atom. The lowest BCUT2D eigenvalue weighted by Crippen LogP contribution is -2.30. The summed E-state index contributed by atoms with van der Waals surface area (Å²) < 4.78 is 68.9. The van der Waals surface area contributed by atoms with Crippen molar-refractivity contribution in [1.82, 2.24) is 0 Å². The molecular formula is C86H164O17P2. The predicted octanol–water partition coefficient (Wildman–Crippen LogP) is 26.1. The van der Waals surface area contributed by atoms with Gasteiger partial charge in [-0.3, -0.25) is 37.3 Å². The van der Waals surface area contributed by atoms with Gasteiger partial charge in [0.15, 0.2) is 12.2 Å². The van der Waals surface area contributed by atoms with Gasteiger partial charge in [0.25, 0.3) is 0 Å². The zero-order chi connectivity index (χ0) is 76.7. The van der Waals surface area contributed by atoms with E-state index in [1.54, 1.807) is 0 Å². The first-order valence-electron chi connectivity index (χ1n) is 44.1. The van der Waals surface area contributed by atoms with Gasteiger partial charge in [0, 0.05) is 25.7 Å². The zero-order valence-electron chi connectivity index (χ0n) is 68.2. The van der Waals surface area contributed by atoms with Crippen LogP contribution < -0.4 is 0 Å². The van der Waals surface area contributed by atoms with E-state index in [-0.39, 0.29) is 25.7 Å². The van der Waals surface area contributed by atoms with Crippen LogP contribution in [0.4, 0.5) is 0 Å². The number of esters is 4. The fourth-order valence-corrected chi connectivity index (χ4v) is 14.6. The quantitative estimate of drug-likeness (QED) is 0.0169. The van der Waals surface area contributed by atoms with Crippen LogP contribution in [0.1, 0.15) is 445 Å². The van der Waals surface area contributed by atoms with Crippen LogP contribution >= 0.6 is 15.6 Å². The van der Waals surface area contributed by atoms with Gasteiger partial charge in [-0.25, -0.2) is 9.13 Å². The molecule has 0 aromatic rings. The highest BCUT2D eigenvalue weighted by atomic mass is 31.2. The van der Waals surface area contributed by atoms with Gasteiger partial charge in [-0.05, 0) is 51.4 Å². The molecular weight excluding hydrogens is 1370 g/mol. The number of carbonyl (C=O) groups is 4. The summed E-state index contributed by atoms with van der Waals surface area (Å²) in [6, 6.07) is 0. The number of phosphoric ester groups is 2. The van der Waals surface area contributed by atoms with Crippen molar-refractivity contribution in [2.75, 3.05) is 39.6 Å². The SMILES string of the molecule is CCCCCC/C=C\C=C/CCCCCCCC(=O)O[C@H](COC(=O)CCCCCCCCCCCCCCC)COP(=O)(O)OC[C@H](O)COP(=O)(O)OC[C@@H](COC(=O)CCCCCCCCCCCCCCCCCC)OC(=O)CCCCCCCCCCCCCCCCCCCCCCC. The maximum absolute atomic E-state index is 13.1. The average molecular weight is 1530 g/mol. The summed E-state index contributed by atoms with van der Waals surface area (Å²) in [5.41, 5.74) is 0. The van der Waals surface area contributed by atoms with Crippen LogP contribution in [0.3, 0.4) is 0 Å². The number of hydrogen-bond acceptors (Lipinski definition) is 15. The van der Waals surface area contributed by atoms with Crippen molar-refractivity contribution in [2.24, 2.45) is 0 Å². The Morgan fingerprint density at radius 1 is 0.267 bits per heavy atom. The van der Waals surface area contributed by atoms with E-state index >= 15 is 0 Å². The van der Waals surface area contributed by atoms with Gasteiger partial charge in [-0.15, -0.1) is 0 Å². The first-order valence-corrected chi connectivity index (χ1v) is 47.1. The summed E-state index contributed by atoms with van der Waals surface area (Å²) in [5.74, 6) is -2.13. The maximum Gasteiger partial charge on any atom is 0.472 e. The monoisotopic (exact) mass is 1530 g/mol. The van der Waals surface area contributed by atoms with E-state index in [1.807, 2.05) is 0 Å². The topological polar surface area (TPSA) is 237 Å². The fraction of sp³-hybridized carbons (Fsp3) is 0.907. The Kier molecular flexibility index (Phi) is 77.8. The van der Waals surface area contributed by atoms with Crippen LogP contribution in [-0.2, 0) is 65.4 Å². The molecule has 0 aliphatic carbocycles. The Morgan fingerprint density at radius 2 is 0.457 bits per heavy atom. The lowest BCUT2D eigenvalue weighted by molar-refractivity contribution is -0.161. The number of carbonyl (C=O) groups excluding carboxylic acids is 4. The molecule has 0 amide bonds. The summed E-state index contributed by atoms with van der Waals surface area (Å²) in [6.45, 7) is 4.99. The Balaban J connectivity index is 5.28. The Labute approximate surface area is 643 Å². The van der Waals surface area contributed by atoms with Gasteiger partial charge in [0.2, 0.25) is 0 Å². The number of allylic oxidation sites excluding steroid dienone is 4. The number of rotatable bonds is 85. The van der Waals surface area contributed by atoms with E-state index in [0.29, 0.717) is 25.7 Å². The van der Waals surface area contributed by atoms with Crippen molar-refractivity contribution < 1.29 is 80.2 Å². The smallest absolute Gasteiger partial charge is 0.462 e. The van der Waals surface area contributed by atoms with Crippen LogP contribution in [0.5, 0.6) is 0 Å². The lowest BCUT2D eigenvalue weighted by Gasteiger charge is -2.21. The van der Waals surface area contributed by atoms with Crippen molar-refractivity contribution in [1.29, 1.82) is 0 Å². The molecule has 0 fully saturated rings. The molecule has 2 unspecified atom stereocenters. The van der Waals surface area contributed by atoms with Crippen molar-refractivity contribution in [3.05, 3.63) is 24.3 Å². The predicted molar refractivity (Wildman–Crippen MR) is 432 cm³/mol. The molecule has 0 heterocycles. The van der Waals surface area contributed by atoms with Crippen molar-refractivity contribution in [3.8, 4) is 0 Å². The van der Waals surface area contributed by atoms with E-state index in [4.69, 9.17) is 37.0 Å². The van der Waals surface area contributed by atoms with E-state index in [2.05, 4.69) is 52.0 Å². The second-order valence-electron chi connectivity index (χ2n) is 30.2. The lowest BCUT2D eigenvalue weighted by atomic mass is 10.0. The van der Waals surface area contributed by atoms with Crippen LogP contribution in [0.15, 0.2) is 24.3 Å². The molecule has 0 saturated carbocycles. The third-order valence-corrected chi connectivity index (χ3v) is 21.6. The second-order valence-corrected chi connectivity index (χ2v) is 33.1. The highest BCUT2D eigenvalue weighted by Crippen LogP contribution is 2.45. The number of unbranched alkanes of at least 4 members (excludes halogenated alkanes) is 56. The summed E-state index contributed by atoms with van der Waals surface area (Å²) in [5, 5.41) is 10.7. The van der Waals surface area contributed by atoms with E-state index in [0.717, 1.165) is 103 Å². The first-order chi connectivity index (χ1) is 51.2. The van der Waals surface area contributed by atoms with Crippen LogP contribution in [0.25, 0.3) is 0 Å². The van der Waals surface area contributed by atoms with Crippen LogP contribution in [-0.4, -0.2) is 96.7 Å². The Bertz CT molecular complexity index is 2080. The summed E-state index contributed by atoms with van der Waals surface area (Å²) >= 11 is 0. The minimum atomic E-state index is -4.97. The fourth-order valence-electron chi connectivity index (χ4n) is 13.0. The van der Waals surface area contributed by atoms with Gasteiger partial charge in [0.1, 0.15) is 19.3 Å². The minimum absolute atomic E-state index is 0.0862. The van der Waals surface area contributed by atoms with E-state index in [9.17, 15) is 43.2 Å². The molecule has 0 bridgehead atoms. The highest BCUT2D eigenvalue weighted by molar-refractivity contribution is 7.47. The number of aliphatic hydroxyl groups is 1. The van der Waals surface area contributed by atoms with Gasteiger partial charge in [-0.1, -0.05) is 392 Å². The molecule has 0 saturated heterocycles. The molecule has 0 rings (SSSR count). The number of ether oxygens (including phenoxy) is 4. The molecule has 620 valence electrons. The normalized spacial score (nSPS) is 13.9. The number of phosphoric acid groups is 2. The van der Waals surface area contributed by atoms with E-state index < -0.39 is 97.5 Å². The molecule has 0 aromatic heterocycles. The van der Waals surface area contributed by atoms with Gasteiger partial charge in [-0.2, -0.15) is 0 Å². The summed E-state index contributed by atoms with van der Waals surface area (Å²) in [4.78, 5) is 73.2. The molecule has 0 aromatic carbocycles. The minimum Gasteiger partial charge on any atom is -0.462 e. The number of aliphatic hydroxyl groups excluding tert-OH is 1. The molecule has 3 N–H and O–H groups in total. The van der Waals surface area contributed by atoms with Crippen LogP contribution in [0, 0.1) is 0 Å². The molecule has 0 spiro atoms. The van der Waals surface area contributed by atoms with Gasteiger partial charge < -0.3 is 33.8 Å². The molecule has 0 aliphatic rings. The molecule has 0 aliphatic heterocycles. The average Bonchev–Trinajstić information content (AvgIpc) is 0.940. The summed E-state index contributed by atoms with van der Waals surface area (Å²) in [6.07, 6.45) is 77.1. The maximum atomic E-state index is 13.1.